The Kier molecular flexibility index (Phi) is 1.46. The van der Waals surface area contributed by atoms with Gasteiger partial charge in [0.1, 0.15) is 5.75 Å². The molecule has 0 spiro atoms. The molecule has 1 aromatic carbocycles. The van der Waals surface area contributed by atoms with E-state index >= 15 is 0 Å². The first-order valence-corrected chi connectivity index (χ1v) is 5.97. The van der Waals surface area contributed by atoms with E-state index in [0.717, 1.165) is 0 Å². The number of likely N-dealkylation sites (N-methyl/N-ethyl adjacent to an activating group) is 1. The molecule has 1 atom stereocenters. The molecule has 1 aliphatic rings. The molecule has 0 radical (unpaired) electrons. The minimum absolute atomic E-state index is 0.105. The van der Waals surface area contributed by atoms with Crippen LogP contribution in [0.3, 0.4) is 0 Å². The molecule has 0 unspecified atom stereocenters. The Morgan fingerprint density at radius 3 is 3.50 bits per heavy atom. The van der Waals surface area contributed by atoms with E-state index in [4.69, 9.17) is 15.7 Å². The number of aromatic nitrogens is 1. The smallest absolute Gasteiger partial charge is 0.119 e. The number of ether oxygens (including phenoxy) is 1. The second-order valence-electron chi connectivity index (χ2n) is 4.51. The number of H-pyrrole nitrogens is 1. The number of hydrogen-bond acceptors (Lipinski definition) is 2. The molecule has 96 valence electrons. The lowest BCUT2D eigenvalue weighted by atomic mass is 10.0. The van der Waals surface area contributed by atoms with Crippen LogP contribution < -0.4 is 4.74 Å². The Morgan fingerprint density at radius 2 is 2.61 bits per heavy atom. The Balaban J connectivity index is 2.02. The van der Waals surface area contributed by atoms with Gasteiger partial charge in [-0.15, -0.1) is 0 Å². The van der Waals surface area contributed by atoms with Crippen LogP contribution >= 0.6 is 0 Å². The number of rotatable bonds is 3. The van der Waals surface area contributed by atoms with Gasteiger partial charge in [0.15, 0.2) is 0 Å². The van der Waals surface area contributed by atoms with Gasteiger partial charge in [0.2, 0.25) is 0 Å². The summed E-state index contributed by atoms with van der Waals surface area (Å²) in [5.41, 5.74) is 0.921. The standard InChI is InChI=1S/C15H20N2O/c1-17-7-3-4-12(17)8-11-10-16-15-6-5-13(18-2)9-14(11)15/h5-6,9-10,12,16H,3-4,7-8H2,1-2H3/t12-/m1/s1/i1D3,2D3,8D2. The molecule has 0 aliphatic carbocycles. The summed E-state index contributed by atoms with van der Waals surface area (Å²) in [6, 6.07) is 3.79. The fourth-order valence-electron chi connectivity index (χ4n) is 2.38. The minimum atomic E-state index is -2.60. The van der Waals surface area contributed by atoms with Crippen molar-refractivity contribution in [2.24, 2.45) is 0 Å². The van der Waals surface area contributed by atoms with Crippen molar-refractivity contribution in [3.05, 3.63) is 30.0 Å². The molecule has 1 aliphatic heterocycles. The summed E-state index contributed by atoms with van der Waals surface area (Å²) in [7, 11) is -2.60. The van der Waals surface area contributed by atoms with Crippen molar-refractivity contribution in [2.45, 2.75) is 25.3 Å². The van der Waals surface area contributed by atoms with Crippen LogP contribution in [0.5, 0.6) is 5.75 Å². The first-order chi connectivity index (χ1) is 11.9. The molecule has 1 fully saturated rings. The van der Waals surface area contributed by atoms with E-state index in [1.165, 1.54) is 23.2 Å². The SMILES string of the molecule is [2H]C([2H])([2H])Oc1ccc2[nH]cc(C([2H])([2H])[C@H]3CCCN3C([2H])([2H])[2H])c2c1. The van der Waals surface area contributed by atoms with Crippen molar-refractivity contribution in [1.82, 2.24) is 9.88 Å². The molecule has 18 heavy (non-hydrogen) atoms. The monoisotopic (exact) mass is 252 g/mol. The zero-order valence-electron chi connectivity index (χ0n) is 17.9. The number of aromatic amines is 1. The topological polar surface area (TPSA) is 28.3 Å². The van der Waals surface area contributed by atoms with Crippen molar-refractivity contribution in [3.63, 3.8) is 0 Å². The second-order valence-corrected chi connectivity index (χ2v) is 4.51. The van der Waals surface area contributed by atoms with E-state index in [1.807, 2.05) is 0 Å². The molecule has 3 rings (SSSR count). The van der Waals surface area contributed by atoms with E-state index in [0.29, 0.717) is 35.9 Å². The van der Waals surface area contributed by atoms with E-state index in [1.54, 1.807) is 6.07 Å². The molecule has 0 saturated carbocycles. The fraction of sp³-hybridized carbons (Fsp3) is 0.467. The molecule has 1 saturated heterocycles. The third-order valence-corrected chi connectivity index (χ3v) is 3.35. The van der Waals surface area contributed by atoms with Crippen LogP contribution in [0.25, 0.3) is 10.9 Å². The van der Waals surface area contributed by atoms with Crippen LogP contribution in [0, 0.1) is 0 Å². The van der Waals surface area contributed by atoms with Crippen LogP contribution in [-0.2, 0) is 6.37 Å². The minimum Gasteiger partial charge on any atom is -0.497 e. The highest BCUT2D eigenvalue weighted by atomic mass is 16.5. The number of likely N-dealkylation sites (tertiary alicyclic amines) is 1. The average molecular weight is 252 g/mol. The zero-order chi connectivity index (χ0) is 19.3. The van der Waals surface area contributed by atoms with E-state index < -0.39 is 26.4 Å². The fourth-order valence-corrected chi connectivity index (χ4v) is 2.38. The summed E-state index contributed by atoms with van der Waals surface area (Å²) in [6.45, 7) is -2.05. The lowest BCUT2D eigenvalue weighted by Crippen LogP contribution is -2.26. The highest BCUT2D eigenvalue weighted by Gasteiger charge is 2.22. The van der Waals surface area contributed by atoms with E-state index in [2.05, 4.69) is 4.98 Å². The van der Waals surface area contributed by atoms with Crippen molar-refractivity contribution in [3.8, 4) is 5.75 Å². The molecule has 0 amide bonds. The van der Waals surface area contributed by atoms with Gasteiger partial charge in [0.25, 0.3) is 0 Å². The van der Waals surface area contributed by atoms with Crippen LogP contribution in [-0.4, -0.2) is 36.5 Å². The number of nitrogens with one attached hydrogen (secondary N) is 1. The summed E-state index contributed by atoms with van der Waals surface area (Å²) in [6.07, 6.45) is 0.628. The normalized spacial score (nSPS) is 29.4. The summed E-state index contributed by atoms with van der Waals surface area (Å²) >= 11 is 0. The maximum absolute atomic E-state index is 8.63. The molecule has 3 heteroatoms. The molecular weight excluding hydrogens is 224 g/mol. The van der Waals surface area contributed by atoms with Crippen molar-refractivity contribution < 1.29 is 15.7 Å². The van der Waals surface area contributed by atoms with Crippen LogP contribution in [0.15, 0.2) is 24.4 Å². The van der Waals surface area contributed by atoms with Crippen molar-refractivity contribution in [2.75, 3.05) is 20.6 Å². The lowest BCUT2D eigenvalue weighted by Gasteiger charge is -2.18. The largest absolute Gasteiger partial charge is 0.497 e. The molecule has 3 nitrogen and oxygen atoms in total. The number of hydrogen-bond donors (Lipinski definition) is 1. The maximum Gasteiger partial charge on any atom is 0.119 e. The van der Waals surface area contributed by atoms with Crippen LogP contribution in [0.4, 0.5) is 0 Å². The summed E-state index contributed by atoms with van der Waals surface area (Å²) in [5, 5.41) is 0.481. The second kappa shape index (κ2) is 4.65. The van der Waals surface area contributed by atoms with Gasteiger partial charge in [-0.1, -0.05) is 0 Å². The van der Waals surface area contributed by atoms with Gasteiger partial charge in [0, 0.05) is 30.0 Å². The molecule has 1 N–H and O–H groups in total. The number of benzene rings is 1. The zero-order valence-corrected chi connectivity index (χ0v) is 9.86. The molecule has 2 heterocycles. The quantitative estimate of drug-likeness (QED) is 0.910. The van der Waals surface area contributed by atoms with Crippen molar-refractivity contribution >= 4 is 10.9 Å². The first-order valence-electron chi connectivity index (χ1n) is 9.97. The average Bonchev–Trinajstić information content (AvgIpc) is 3.12. The summed E-state index contributed by atoms with van der Waals surface area (Å²) < 4.78 is 66.8. The Morgan fingerprint density at radius 1 is 1.61 bits per heavy atom. The van der Waals surface area contributed by atoms with E-state index in [9.17, 15) is 0 Å². The van der Waals surface area contributed by atoms with Crippen LogP contribution in [0.2, 0.25) is 0 Å². The van der Waals surface area contributed by atoms with Gasteiger partial charge in [-0.05, 0) is 56.5 Å². The predicted molar refractivity (Wildman–Crippen MR) is 74.2 cm³/mol. The Labute approximate surface area is 119 Å². The van der Waals surface area contributed by atoms with Gasteiger partial charge in [-0.2, -0.15) is 0 Å². The van der Waals surface area contributed by atoms with E-state index in [-0.39, 0.29) is 5.75 Å². The molecule has 1 aromatic heterocycles. The third kappa shape index (κ3) is 1.99. The van der Waals surface area contributed by atoms with Crippen LogP contribution in [0.1, 0.15) is 29.4 Å². The van der Waals surface area contributed by atoms with Gasteiger partial charge in [0.05, 0.1) is 11.2 Å². The highest BCUT2D eigenvalue weighted by molar-refractivity contribution is 5.84. The predicted octanol–water partition coefficient (Wildman–Crippen LogP) is 2.81. The molecule has 0 bridgehead atoms. The Bertz CT molecular complexity index is 795. The first kappa shape index (κ1) is 5.66. The maximum atomic E-state index is 8.63. The van der Waals surface area contributed by atoms with Gasteiger partial charge in [-0.3, -0.25) is 0 Å². The molecular formula is C15H20N2O. The third-order valence-electron chi connectivity index (χ3n) is 3.35. The molecule has 2 aromatic rings. The van der Waals surface area contributed by atoms with Gasteiger partial charge in [-0.25, -0.2) is 0 Å². The Hall–Kier alpha value is -1.48. The highest BCUT2D eigenvalue weighted by Crippen LogP contribution is 2.27. The summed E-state index contributed by atoms with van der Waals surface area (Å²) in [4.78, 5) is 4.20. The van der Waals surface area contributed by atoms with Gasteiger partial charge < -0.3 is 14.6 Å². The lowest BCUT2D eigenvalue weighted by molar-refractivity contribution is 0.310. The number of methoxy groups -OCH3 is 1. The number of nitrogens with zero attached hydrogens (tertiary/aromatic N) is 1. The summed E-state index contributed by atoms with van der Waals surface area (Å²) in [5.74, 6) is 0.105. The van der Waals surface area contributed by atoms with Crippen molar-refractivity contribution in [1.29, 1.82) is 0 Å². The van der Waals surface area contributed by atoms with Gasteiger partial charge >= 0.3 is 0 Å². The number of fused-ring (bicyclic) bond motifs is 1.